The molecule has 0 aliphatic heterocycles. The molecule has 0 aliphatic rings. The summed E-state index contributed by atoms with van der Waals surface area (Å²) in [4.78, 5) is 0. The maximum Gasteiger partial charge on any atom is 0.0717 e. The highest BCUT2D eigenvalue weighted by molar-refractivity contribution is 6.33. The van der Waals surface area contributed by atoms with Gasteiger partial charge in [0.25, 0.3) is 0 Å². The first kappa shape index (κ1) is 9.36. The van der Waals surface area contributed by atoms with E-state index in [0.717, 1.165) is 5.56 Å². The Morgan fingerprint density at radius 2 is 2.25 bits per heavy atom. The number of rotatable bonds is 3. The summed E-state index contributed by atoms with van der Waals surface area (Å²) < 4.78 is 5.22. The number of nitrogen functional groups attached to an aromatic ring is 1. The Hall–Kier alpha value is -0.730. The lowest BCUT2D eigenvalue weighted by molar-refractivity contribution is 0.134. The summed E-state index contributed by atoms with van der Waals surface area (Å²) in [6.07, 6.45) is 0. The van der Waals surface area contributed by atoms with Gasteiger partial charge in [0.15, 0.2) is 0 Å². The fourth-order valence-electron chi connectivity index (χ4n) is 0.903. The van der Waals surface area contributed by atoms with Gasteiger partial charge in [-0.15, -0.1) is 0 Å². The molecule has 0 aromatic heterocycles. The van der Waals surface area contributed by atoms with Crippen LogP contribution in [0, 0.1) is 0 Å². The van der Waals surface area contributed by atoms with E-state index in [1.165, 1.54) is 0 Å². The summed E-state index contributed by atoms with van der Waals surface area (Å²) in [5.41, 5.74) is 7.26. The van der Waals surface area contributed by atoms with Gasteiger partial charge < -0.3 is 10.5 Å². The minimum Gasteiger partial charge on any atom is -0.398 e. The molecule has 0 heterocycles. The van der Waals surface area contributed by atoms with Gasteiger partial charge in [-0.3, -0.25) is 0 Å². The normalized spacial score (nSPS) is 10.2. The Kier molecular flexibility index (Phi) is 3.38. The zero-order valence-electron chi connectivity index (χ0n) is 7.01. The molecule has 1 aromatic rings. The smallest absolute Gasteiger partial charge is 0.0717 e. The summed E-state index contributed by atoms with van der Waals surface area (Å²) in [6.45, 7) is 3.26. The number of hydrogen-bond acceptors (Lipinski definition) is 2. The van der Waals surface area contributed by atoms with Gasteiger partial charge in [0.05, 0.1) is 17.3 Å². The van der Waals surface area contributed by atoms with Crippen molar-refractivity contribution < 1.29 is 4.74 Å². The molecule has 0 saturated carbocycles. The predicted molar refractivity (Wildman–Crippen MR) is 51.2 cm³/mol. The van der Waals surface area contributed by atoms with Crippen LogP contribution in [0.1, 0.15) is 12.5 Å². The van der Waals surface area contributed by atoms with Crippen LogP contribution in [-0.4, -0.2) is 6.61 Å². The van der Waals surface area contributed by atoms with Gasteiger partial charge in [-0.25, -0.2) is 0 Å². The highest BCUT2D eigenvalue weighted by Gasteiger charge is 1.97. The van der Waals surface area contributed by atoms with E-state index in [9.17, 15) is 0 Å². The SMILES string of the molecule is CCOCc1ccc(Cl)c(N)c1. The summed E-state index contributed by atoms with van der Waals surface area (Å²) in [5.74, 6) is 0. The molecule has 1 aromatic carbocycles. The molecule has 0 bridgehead atoms. The maximum atomic E-state index is 5.75. The van der Waals surface area contributed by atoms with Gasteiger partial charge in [0.2, 0.25) is 0 Å². The van der Waals surface area contributed by atoms with Crippen LogP contribution >= 0.6 is 11.6 Å². The van der Waals surface area contributed by atoms with Crippen molar-refractivity contribution in [2.45, 2.75) is 13.5 Å². The summed E-state index contributed by atoms with van der Waals surface area (Å²) in [6, 6.07) is 5.53. The zero-order chi connectivity index (χ0) is 8.97. The molecule has 3 heteroatoms. The standard InChI is InChI=1S/C9H12ClNO/c1-2-12-6-7-3-4-8(10)9(11)5-7/h3-5H,2,6,11H2,1H3. The molecule has 0 saturated heterocycles. The van der Waals surface area contributed by atoms with Gasteiger partial charge in [0.1, 0.15) is 0 Å². The van der Waals surface area contributed by atoms with Crippen molar-refractivity contribution in [3.05, 3.63) is 28.8 Å². The molecule has 0 unspecified atom stereocenters. The third-order valence-corrected chi connectivity index (χ3v) is 1.88. The van der Waals surface area contributed by atoms with Gasteiger partial charge in [-0.05, 0) is 24.6 Å². The van der Waals surface area contributed by atoms with Crippen LogP contribution in [0.2, 0.25) is 5.02 Å². The molecule has 0 radical (unpaired) electrons. The average molecular weight is 186 g/mol. The molecular weight excluding hydrogens is 174 g/mol. The Balaban J connectivity index is 2.69. The number of ether oxygens (including phenoxy) is 1. The second-order valence-corrected chi connectivity index (χ2v) is 2.90. The molecule has 0 spiro atoms. The third-order valence-electron chi connectivity index (χ3n) is 1.53. The lowest BCUT2D eigenvalue weighted by atomic mass is 10.2. The van der Waals surface area contributed by atoms with Crippen molar-refractivity contribution in [1.82, 2.24) is 0 Å². The van der Waals surface area contributed by atoms with Crippen LogP contribution in [0.25, 0.3) is 0 Å². The molecule has 1 rings (SSSR count). The van der Waals surface area contributed by atoms with Crippen LogP contribution in [0.15, 0.2) is 18.2 Å². The van der Waals surface area contributed by atoms with Crippen LogP contribution < -0.4 is 5.73 Å². The van der Waals surface area contributed by atoms with E-state index in [1.54, 1.807) is 6.07 Å². The van der Waals surface area contributed by atoms with E-state index >= 15 is 0 Å². The van der Waals surface area contributed by atoms with Crippen LogP contribution in [-0.2, 0) is 11.3 Å². The summed E-state index contributed by atoms with van der Waals surface area (Å²) >= 11 is 5.75. The first-order valence-electron chi connectivity index (χ1n) is 3.85. The predicted octanol–water partition coefficient (Wildman–Crippen LogP) is 2.46. The van der Waals surface area contributed by atoms with Crippen molar-refractivity contribution in [2.24, 2.45) is 0 Å². The lowest BCUT2D eigenvalue weighted by Crippen LogP contribution is -1.94. The van der Waals surface area contributed by atoms with Gasteiger partial charge in [-0.1, -0.05) is 17.7 Å². The Bertz CT molecular complexity index is 263. The molecule has 0 aliphatic carbocycles. The Labute approximate surface area is 77.3 Å². The molecule has 0 amide bonds. The molecule has 2 nitrogen and oxygen atoms in total. The highest BCUT2D eigenvalue weighted by Crippen LogP contribution is 2.19. The zero-order valence-corrected chi connectivity index (χ0v) is 7.77. The fourth-order valence-corrected chi connectivity index (χ4v) is 1.02. The average Bonchev–Trinajstić information content (AvgIpc) is 2.07. The van der Waals surface area contributed by atoms with Crippen molar-refractivity contribution in [3.8, 4) is 0 Å². The van der Waals surface area contributed by atoms with Crippen LogP contribution in [0.4, 0.5) is 5.69 Å². The quantitative estimate of drug-likeness (QED) is 0.735. The van der Waals surface area contributed by atoms with Crippen molar-refractivity contribution in [1.29, 1.82) is 0 Å². The summed E-state index contributed by atoms with van der Waals surface area (Å²) in [5, 5.41) is 0.593. The van der Waals surface area contributed by atoms with Crippen LogP contribution in [0.5, 0.6) is 0 Å². The molecule has 2 N–H and O–H groups in total. The minimum atomic E-state index is 0.593. The molecule has 0 fully saturated rings. The Morgan fingerprint density at radius 1 is 1.50 bits per heavy atom. The number of anilines is 1. The number of benzene rings is 1. The molecular formula is C9H12ClNO. The number of nitrogens with two attached hydrogens (primary N) is 1. The van der Waals surface area contributed by atoms with Crippen molar-refractivity contribution in [3.63, 3.8) is 0 Å². The minimum absolute atomic E-state index is 0.593. The van der Waals surface area contributed by atoms with Crippen LogP contribution in [0.3, 0.4) is 0 Å². The van der Waals surface area contributed by atoms with E-state index in [0.29, 0.717) is 23.9 Å². The van der Waals surface area contributed by atoms with E-state index in [-0.39, 0.29) is 0 Å². The second-order valence-electron chi connectivity index (χ2n) is 2.49. The fraction of sp³-hybridized carbons (Fsp3) is 0.333. The first-order chi connectivity index (χ1) is 5.74. The second kappa shape index (κ2) is 4.33. The van der Waals surface area contributed by atoms with E-state index in [1.807, 2.05) is 19.1 Å². The van der Waals surface area contributed by atoms with E-state index in [4.69, 9.17) is 22.1 Å². The monoisotopic (exact) mass is 185 g/mol. The number of halogens is 1. The topological polar surface area (TPSA) is 35.2 Å². The largest absolute Gasteiger partial charge is 0.398 e. The Morgan fingerprint density at radius 3 is 2.83 bits per heavy atom. The van der Waals surface area contributed by atoms with Crippen molar-refractivity contribution >= 4 is 17.3 Å². The summed E-state index contributed by atoms with van der Waals surface area (Å²) in [7, 11) is 0. The maximum absolute atomic E-state index is 5.75. The van der Waals surface area contributed by atoms with Gasteiger partial charge >= 0.3 is 0 Å². The van der Waals surface area contributed by atoms with E-state index in [2.05, 4.69) is 0 Å². The van der Waals surface area contributed by atoms with Crippen molar-refractivity contribution in [2.75, 3.05) is 12.3 Å². The third kappa shape index (κ3) is 2.40. The molecule has 12 heavy (non-hydrogen) atoms. The first-order valence-corrected chi connectivity index (χ1v) is 4.23. The number of hydrogen-bond donors (Lipinski definition) is 1. The van der Waals surface area contributed by atoms with E-state index < -0.39 is 0 Å². The van der Waals surface area contributed by atoms with Gasteiger partial charge in [-0.2, -0.15) is 0 Å². The molecule has 66 valence electrons. The lowest BCUT2D eigenvalue weighted by Gasteiger charge is -2.03. The van der Waals surface area contributed by atoms with Gasteiger partial charge in [0, 0.05) is 6.61 Å². The molecule has 0 atom stereocenters. The highest BCUT2D eigenvalue weighted by atomic mass is 35.5.